The molecule has 0 spiro atoms. The Labute approximate surface area is 92.9 Å². The molecule has 0 fully saturated rings. The third-order valence-electron chi connectivity index (χ3n) is 1.86. The third-order valence-corrected chi connectivity index (χ3v) is 1.86. The van der Waals surface area contributed by atoms with E-state index < -0.39 is 4.92 Å². The average molecular weight is 220 g/mol. The van der Waals surface area contributed by atoms with Gasteiger partial charge in [-0.2, -0.15) is 5.10 Å². The molecular weight excluding hydrogens is 208 g/mol. The summed E-state index contributed by atoms with van der Waals surface area (Å²) in [5.41, 5.74) is 3.64. The van der Waals surface area contributed by atoms with Crippen LogP contribution in [-0.4, -0.2) is 16.1 Å². The van der Waals surface area contributed by atoms with Crippen molar-refractivity contribution in [1.82, 2.24) is 4.98 Å². The summed E-state index contributed by atoms with van der Waals surface area (Å²) in [6.45, 7) is 3.82. The second-order valence-electron chi connectivity index (χ2n) is 3.06. The van der Waals surface area contributed by atoms with Crippen molar-refractivity contribution in [2.75, 3.05) is 5.43 Å². The highest BCUT2D eigenvalue weighted by Gasteiger charge is 2.03. The van der Waals surface area contributed by atoms with Gasteiger partial charge in [0.15, 0.2) is 0 Å². The maximum atomic E-state index is 10.4. The van der Waals surface area contributed by atoms with E-state index in [2.05, 4.69) is 15.5 Å². The van der Waals surface area contributed by atoms with E-state index in [0.29, 0.717) is 5.82 Å². The van der Waals surface area contributed by atoms with Crippen molar-refractivity contribution in [2.24, 2.45) is 5.10 Å². The van der Waals surface area contributed by atoms with E-state index in [-0.39, 0.29) is 5.69 Å². The highest BCUT2D eigenvalue weighted by Crippen LogP contribution is 2.11. The first kappa shape index (κ1) is 11.8. The maximum absolute atomic E-state index is 10.4. The number of nitrogens with zero attached hydrogens (tertiary/aromatic N) is 3. The van der Waals surface area contributed by atoms with Crippen LogP contribution in [0, 0.1) is 10.1 Å². The fourth-order valence-corrected chi connectivity index (χ4v) is 0.835. The zero-order valence-corrected chi connectivity index (χ0v) is 9.04. The van der Waals surface area contributed by atoms with E-state index in [1.165, 1.54) is 18.3 Å². The Morgan fingerprint density at radius 1 is 1.62 bits per heavy atom. The van der Waals surface area contributed by atoms with Crippen molar-refractivity contribution >= 4 is 17.7 Å². The first-order valence-electron chi connectivity index (χ1n) is 4.66. The lowest BCUT2D eigenvalue weighted by molar-refractivity contribution is -0.385. The van der Waals surface area contributed by atoms with Crippen LogP contribution in [0.5, 0.6) is 0 Å². The number of nitrogens with one attached hydrogen (secondary N) is 1. The summed E-state index contributed by atoms with van der Waals surface area (Å²) in [6, 6.07) is 2.87. The second-order valence-corrected chi connectivity index (χ2v) is 3.06. The van der Waals surface area contributed by atoms with Crippen molar-refractivity contribution in [1.29, 1.82) is 0 Å². The quantitative estimate of drug-likeness (QED) is 0.479. The third kappa shape index (κ3) is 3.49. The van der Waals surface area contributed by atoms with Gasteiger partial charge in [-0.3, -0.25) is 15.5 Å². The minimum absolute atomic E-state index is 0.0424. The van der Waals surface area contributed by atoms with E-state index in [4.69, 9.17) is 0 Å². The lowest BCUT2D eigenvalue weighted by atomic mass is 10.3. The van der Waals surface area contributed by atoms with Crippen molar-refractivity contribution in [3.8, 4) is 0 Å². The van der Waals surface area contributed by atoms with E-state index in [9.17, 15) is 10.1 Å². The molecule has 0 saturated heterocycles. The smallest absolute Gasteiger partial charge is 0.261 e. The molecule has 0 atom stereocenters. The van der Waals surface area contributed by atoms with Gasteiger partial charge in [0.1, 0.15) is 12.0 Å². The number of anilines is 1. The molecule has 0 amide bonds. The van der Waals surface area contributed by atoms with Crippen LogP contribution in [0.2, 0.25) is 0 Å². The molecule has 84 valence electrons. The predicted octanol–water partition coefficient (Wildman–Crippen LogP) is 2.35. The SMILES string of the molecule is CC=C(C)C=NNc1ccc([N+](=O)[O-])cn1. The molecule has 16 heavy (non-hydrogen) atoms. The molecule has 1 N–H and O–H groups in total. The van der Waals surface area contributed by atoms with E-state index in [1.807, 2.05) is 19.9 Å². The molecule has 0 aliphatic rings. The number of hydrazone groups is 1. The fraction of sp³-hybridized carbons (Fsp3) is 0.200. The van der Waals surface area contributed by atoms with Crippen molar-refractivity contribution < 1.29 is 4.92 Å². The fourth-order valence-electron chi connectivity index (χ4n) is 0.835. The zero-order valence-electron chi connectivity index (χ0n) is 9.04. The summed E-state index contributed by atoms with van der Waals surface area (Å²) in [6.07, 6.45) is 4.73. The van der Waals surface area contributed by atoms with Gasteiger partial charge in [-0.1, -0.05) is 6.08 Å². The van der Waals surface area contributed by atoms with Gasteiger partial charge in [0, 0.05) is 12.3 Å². The highest BCUT2D eigenvalue weighted by atomic mass is 16.6. The number of hydrogen-bond donors (Lipinski definition) is 1. The van der Waals surface area contributed by atoms with Crippen LogP contribution in [-0.2, 0) is 0 Å². The summed E-state index contributed by atoms with van der Waals surface area (Å²) in [4.78, 5) is 13.7. The second kappa shape index (κ2) is 5.59. The number of nitro groups is 1. The minimum atomic E-state index is -0.496. The number of hydrogen-bond acceptors (Lipinski definition) is 5. The molecule has 1 aromatic rings. The van der Waals surface area contributed by atoms with Gasteiger partial charge >= 0.3 is 0 Å². The Bertz CT molecular complexity index is 423. The topological polar surface area (TPSA) is 80.4 Å². The number of pyridine rings is 1. The largest absolute Gasteiger partial charge is 0.287 e. The lowest BCUT2D eigenvalue weighted by Gasteiger charge is -1.97. The molecular formula is C10H12N4O2. The molecule has 1 heterocycles. The number of aromatic nitrogens is 1. The molecule has 6 nitrogen and oxygen atoms in total. The van der Waals surface area contributed by atoms with Crippen LogP contribution in [0.1, 0.15) is 13.8 Å². The molecule has 1 rings (SSSR count). The standard InChI is InChI=1S/C10H12N4O2/c1-3-8(2)6-12-13-10-5-4-9(7-11-10)14(15)16/h3-7H,1-2H3,(H,11,13). The zero-order chi connectivity index (χ0) is 12.0. The summed E-state index contributed by atoms with van der Waals surface area (Å²) in [5, 5.41) is 14.3. The Kier molecular flexibility index (Phi) is 4.14. The van der Waals surface area contributed by atoms with Crippen molar-refractivity contribution in [3.05, 3.63) is 40.1 Å². The normalized spacial score (nSPS) is 11.8. The molecule has 6 heteroatoms. The summed E-state index contributed by atoms with van der Waals surface area (Å²) in [7, 11) is 0. The van der Waals surface area contributed by atoms with E-state index >= 15 is 0 Å². The molecule has 0 aliphatic heterocycles. The van der Waals surface area contributed by atoms with Crippen LogP contribution >= 0.6 is 0 Å². The van der Waals surface area contributed by atoms with Gasteiger partial charge in [-0.25, -0.2) is 4.98 Å². The first-order chi connectivity index (χ1) is 7.63. The van der Waals surface area contributed by atoms with E-state index in [1.54, 1.807) is 6.21 Å². The lowest BCUT2D eigenvalue weighted by Crippen LogP contribution is -1.94. The Balaban J connectivity index is 2.63. The average Bonchev–Trinajstić information content (AvgIpc) is 2.29. The molecule has 0 bridgehead atoms. The Hall–Kier alpha value is -2.24. The first-order valence-corrected chi connectivity index (χ1v) is 4.66. The maximum Gasteiger partial charge on any atom is 0.287 e. The van der Waals surface area contributed by atoms with Crippen LogP contribution < -0.4 is 5.43 Å². The summed E-state index contributed by atoms with van der Waals surface area (Å²) >= 11 is 0. The molecule has 0 aromatic carbocycles. The van der Waals surface area contributed by atoms with Gasteiger partial charge in [-0.15, -0.1) is 0 Å². The Morgan fingerprint density at radius 2 is 2.38 bits per heavy atom. The number of allylic oxidation sites excluding steroid dienone is 2. The van der Waals surface area contributed by atoms with Crippen LogP contribution in [0.4, 0.5) is 11.5 Å². The molecule has 0 aliphatic carbocycles. The van der Waals surface area contributed by atoms with E-state index in [0.717, 1.165) is 5.57 Å². The molecule has 0 unspecified atom stereocenters. The minimum Gasteiger partial charge on any atom is -0.261 e. The van der Waals surface area contributed by atoms with Gasteiger partial charge in [0.2, 0.25) is 0 Å². The monoisotopic (exact) mass is 220 g/mol. The molecule has 1 aromatic heterocycles. The van der Waals surface area contributed by atoms with Gasteiger partial charge < -0.3 is 0 Å². The summed E-state index contributed by atoms with van der Waals surface area (Å²) in [5.74, 6) is 0.464. The molecule has 0 saturated carbocycles. The van der Waals surface area contributed by atoms with Crippen LogP contribution in [0.15, 0.2) is 35.1 Å². The van der Waals surface area contributed by atoms with Gasteiger partial charge in [-0.05, 0) is 25.5 Å². The number of rotatable bonds is 4. The highest BCUT2D eigenvalue weighted by molar-refractivity contribution is 5.78. The predicted molar refractivity (Wildman–Crippen MR) is 62.4 cm³/mol. The van der Waals surface area contributed by atoms with Gasteiger partial charge in [0.05, 0.1) is 4.92 Å². The Morgan fingerprint density at radius 3 is 2.88 bits per heavy atom. The van der Waals surface area contributed by atoms with Crippen molar-refractivity contribution in [2.45, 2.75) is 13.8 Å². The van der Waals surface area contributed by atoms with Crippen molar-refractivity contribution in [3.63, 3.8) is 0 Å². The summed E-state index contributed by atoms with van der Waals surface area (Å²) < 4.78 is 0. The van der Waals surface area contributed by atoms with Crippen LogP contribution in [0.3, 0.4) is 0 Å². The molecule has 0 radical (unpaired) electrons. The van der Waals surface area contributed by atoms with Crippen LogP contribution in [0.25, 0.3) is 0 Å². The van der Waals surface area contributed by atoms with Gasteiger partial charge in [0.25, 0.3) is 5.69 Å².